The number of nitrogens with one attached hydrogen (secondary N) is 2. The van der Waals surface area contributed by atoms with Gasteiger partial charge in [-0.15, -0.1) is 0 Å². The van der Waals surface area contributed by atoms with Crippen LogP contribution in [-0.4, -0.2) is 28.7 Å². The van der Waals surface area contributed by atoms with Gasteiger partial charge in [0.05, 0.1) is 0 Å². The van der Waals surface area contributed by atoms with E-state index in [0.717, 1.165) is 42.2 Å². The van der Waals surface area contributed by atoms with Crippen LogP contribution in [0.15, 0.2) is 60.7 Å². The summed E-state index contributed by atoms with van der Waals surface area (Å²) >= 11 is 1.15. The van der Waals surface area contributed by atoms with Crippen LogP contribution in [0.5, 0.6) is 0 Å². The number of benzene rings is 2. The first-order valence-electron chi connectivity index (χ1n) is 11.9. The van der Waals surface area contributed by atoms with E-state index in [1.54, 1.807) is 0 Å². The van der Waals surface area contributed by atoms with E-state index in [4.69, 9.17) is 4.74 Å². The van der Waals surface area contributed by atoms with Crippen LogP contribution in [0.1, 0.15) is 57.1 Å². The van der Waals surface area contributed by atoms with Crippen LogP contribution < -0.4 is 10.6 Å². The fourth-order valence-electron chi connectivity index (χ4n) is 4.11. The summed E-state index contributed by atoms with van der Waals surface area (Å²) in [4.78, 5) is 39.1. The lowest BCUT2D eigenvalue weighted by Gasteiger charge is -2.37. The molecule has 2 aromatic rings. The van der Waals surface area contributed by atoms with Crippen molar-refractivity contribution in [1.82, 2.24) is 10.6 Å². The fraction of sp³-hybridized carbons (Fsp3) is 0.444. The van der Waals surface area contributed by atoms with Gasteiger partial charge in [-0.2, -0.15) is 0 Å². The minimum atomic E-state index is -1.01. The van der Waals surface area contributed by atoms with E-state index in [1.807, 2.05) is 74.5 Å². The molecular formula is C27H34N2O4S. The standard InChI is InChI=1S/C27H34N2O4S/c1-20(2)23(24(30)33-18-21-12-6-3-7-13-21)28-25(31)27(16-10-5-11-17-27)29-26(32)34-19-22-14-8-4-9-15-22/h3-4,6-9,12-15,20,23H,5,10-11,16-19H2,1-2H3,(H,28,31)(H,29,32)/t23-/m0/s1. The molecule has 1 fully saturated rings. The zero-order valence-corrected chi connectivity index (χ0v) is 20.7. The summed E-state index contributed by atoms with van der Waals surface area (Å²) in [6.07, 6.45) is 3.83. The molecule has 182 valence electrons. The van der Waals surface area contributed by atoms with Gasteiger partial charge in [0.15, 0.2) is 0 Å². The van der Waals surface area contributed by atoms with Crippen LogP contribution in [0.3, 0.4) is 0 Å². The lowest BCUT2D eigenvalue weighted by Crippen LogP contribution is -2.62. The highest BCUT2D eigenvalue weighted by atomic mass is 32.2. The topological polar surface area (TPSA) is 84.5 Å². The maximum absolute atomic E-state index is 13.5. The van der Waals surface area contributed by atoms with Crippen LogP contribution in [0.2, 0.25) is 0 Å². The number of hydrogen-bond donors (Lipinski definition) is 2. The summed E-state index contributed by atoms with van der Waals surface area (Å²) in [5, 5.41) is 5.68. The minimum absolute atomic E-state index is 0.150. The monoisotopic (exact) mass is 482 g/mol. The van der Waals surface area contributed by atoms with Crippen molar-refractivity contribution in [3.05, 3.63) is 71.8 Å². The molecule has 1 atom stereocenters. The Morgan fingerprint density at radius 2 is 1.50 bits per heavy atom. The Labute approximate surface area is 206 Å². The summed E-state index contributed by atoms with van der Waals surface area (Å²) in [6, 6.07) is 18.4. The maximum atomic E-state index is 13.5. The van der Waals surface area contributed by atoms with E-state index in [0.29, 0.717) is 18.6 Å². The molecule has 2 aromatic carbocycles. The van der Waals surface area contributed by atoms with Crippen LogP contribution in [0.4, 0.5) is 4.79 Å². The molecule has 2 N–H and O–H groups in total. The Hall–Kier alpha value is -2.80. The van der Waals surface area contributed by atoms with Gasteiger partial charge in [-0.1, -0.05) is 106 Å². The first-order valence-corrected chi connectivity index (χ1v) is 12.9. The third-order valence-corrected chi connectivity index (χ3v) is 6.97. The normalized spacial score (nSPS) is 15.9. The predicted octanol–water partition coefficient (Wildman–Crippen LogP) is 5.22. The van der Waals surface area contributed by atoms with Crippen LogP contribution in [0, 0.1) is 5.92 Å². The highest BCUT2D eigenvalue weighted by Crippen LogP contribution is 2.30. The highest BCUT2D eigenvalue weighted by Gasteiger charge is 2.43. The van der Waals surface area contributed by atoms with Crippen molar-refractivity contribution in [2.24, 2.45) is 5.92 Å². The number of rotatable bonds is 9. The number of hydrogen-bond acceptors (Lipinski definition) is 5. The van der Waals surface area contributed by atoms with Gasteiger partial charge >= 0.3 is 5.97 Å². The number of thioether (sulfide) groups is 1. The average molecular weight is 483 g/mol. The Kier molecular flexibility index (Phi) is 9.57. The lowest BCUT2D eigenvalue weighted by molar-refractivity contribution is -0.151. The van der Waals surface area contributed by atoms with Crippen molar-refractivity contribution < 1.29 is 19.1 Å². The molecule has 0 bridgehead atoms. The molecule has 0 radical (unpaired) electrons. The molecule has 0 unspecified atom stereocenters. The van der Waals surface area contributed by atoms with Crippen molar-refractivity contribution >= 4 is 28.9 Å². The zero-order valence-electron chi connectivity index (χ0n) is 19.9. The molecule has 0 saturated heterocycles. The molecule has 0 aliphatic heterocycles. The molecule has 3 rings (SSSR count). The largest absolute Gasteiger partial charge is 0.459 e. The summed E-state index contributed by atoms with van der Waals surface area (Å²) in [6.45, 7) is 3.89. The van der Waals surface area contributed by atoms with Crippen molar-refractivity contribution in [3.63, 3.8) is 0 Å². The second-order valence-electron chi connectivity index (χ2n) is 9.12. The van der Waals surface area contributed by atoms with Gasteiger partial charge in [0.25, 0.3) is 5.24 Å². The van der Waals surface area contributed by atoms with Gasteiger partial charge in [0.2, 0.25) is 5.91 Å². The molecule has 6 nitrogen and oxygen atoms in total. The van der Waals surface area contributed by atoms with E-state index in [-0.39, 0.29) is 23.7 Å². The van der Waals surface area contributed by atoms with Gasteiger partial charge < -0.3 is 15.4 Å². The average Bonchev–Trinajstić information content (AvgIpc) is 2.86. The molecule has 2 amide bonds. The first-order chi connectivity index (χ1) is 16.4. The van der Waals surface area contributed by atoms with Gasteiger partial charge in [-0.05, 0) is 29.9 Å². The second-order valence-corrected chi connectivity index (χ2v) is 10.1. The van der Waals surface area contributed by atoms with Crippen molar-refractivity contribution in [2.75, 3.05) is 0 Å². The van der Waals surface area contributed by atoms with Gasteiger partial charge in [-0.25, -0.2) is 4.79 Å². The SMILES string of the molecule is CC(C)[C@H](NC(=O)C1(NC(=O)SCc2ccccc2)CCCCC1)C(=O)OCc1ccccc1. The molecule has 1 saturated carbocycles. The van der Waals surface area contributed by atoms with Crippen molar-refractivity contribution in [1.29, 1.82) is 0 Å². The molecule has 7 heteroatoms. The molecule has 1 aliphatic carbocycles. The summed E-state index contributed by atoms with van der Waals surface area (Å²) in [5.74, 6) is -0.402. The van der Waals surface area contributed by atoms with E-state index in [2.05, 4.69) is 10.6 Å². The van der Waals surface area contributed by atoms with Crippen molar-refractivity contribution in [2.45, 2.75) is 69.9 Å². The number of amides is 2. The lowest BCUT2D eigenvalue weighted by atomic mass is 9.80. The quantitative estimate of drug-likeness (QED) is 0.479. The van der Waals surface area contributed by atoms with Crippen molar-refractivity contribution in [3.8, 4) is 0 Å². The highest BCUT2D eigenvalue weighted by molar-refractivity contribution is 8.12. The van der Waals surface area contributed by atoms with E-state index < -0.39 is 17.6 Å². The summed E-state index contributed by atoms with van der Waals surface area (Å²) in [7, 11) is 0. The van der Waals surface area contributed by atoms with Crippen LogP contribution in [-0.2, 0) is 26.7 Å². The molecule has 0 spiro atoms. The fourth-order valence-corrected chi connectivity index (χ4v) is 4.87. The zero-order chi connectivity index (χ0) is 24.4. The van der Waals surface area contributed by atoms with E-state index >= 15 is 0 Å². The Morgan fingerprint density at radius 1 is 0.912 bits per heavy atom. The molecule has 1 aliphatic rings. The predicted molar refractivity (Wildman–Crippen MR) is 135 cm³/mol. The molecule has 34 heavy (non-hydrogen) atoms. The second kappa shape index (κ2) is 12.6. The molecule has 0 aromatic heterocycles. The first kappa shape index (κ1) is 25.8. The van der Waals surface area contributed by atoms with Crippen LogP contribution >= 0.6 is 11.8 Å². The Morgan fingerprint density at radius 3 is 2.09 bits per heavy atom. The summed E-state index contributed by atoms with van der Waals surface area (Å²) < 4.78 is 5.50. The van der Waals surface area contributed by atoms with Gasteiger partial charge in [0.1, 0.15) is 18.2 Å². The summed E-state index contributed by atoms with van der Waals surface area (Å²) in [5.41, 5.74) is 0.924. The maximum Gasteiger partial charge on any atom is 0.329 e. The van der Waals surface area contributed by atoms with Gasteiger partial charge in [0, 0.05) is 5.75 Å². The minimum Gasteiger partial charge on any atom is -0.459 e. The number of esters is 1. The smallest absolute Gasteiger partial charge is 0.329 e. The molecular weight excluding hydrogens is 448 g/mol. The van der Waals surface area contributed by atoms with Crippen LogP contribution in [0.25, 0.3) is 0 Å². The Bertz CT molecular complexity index is 944. The Balaban J connectivity index is 1.63. The molecule has 0 heterocycles. The number of carbonyl (C=O) groups is 3. The number of ether oxygens (including phenoxy) is 1. The van der Waals surface area contributed by atoms with Gasteiger partial charge in [-0.3, -0.25) is 9.59 Å². The third kappa shape index (κ3) is 7.35. The van der Waals surface area contributed by atoms with E-state index in [9.17, 15) is 14.4 Å². The van der Waals surface area contributed by atoms with E-state index in [1.165, 1.54) is 0 Å². The third-order valence-electron chi connectivity index (χ3n) is 6.13. The number of carbonyl (C=O) groups excluding carboxylic acids is 3.